The van der Waals surface area contributed by atoms with Crippen molar-refractivity contribution in [3.8, 4) is 5.75 Å². The zero-order chi connectivity index (χ0) is 12.6. The van der Waals surface area contributed by atoms with Gasteiger partial charge in [-0.15, -0.1) is 0 Å². The molecule has 0 atom stereocenters. The van der Waals surface area contributed by atoms with Crippen molar-refractivity contribution in [3.63, 3.8) is 0 Å². The van der Waals surface area contributed by atoms with E-state index >= 15 is 0 Å². The van der Waals surface area contributed by atoms with Crippen LogP contribution in [0.5, 0.6) is 5.75 Å². The minimum Gasteiger partial charge on any atom is -0.491 e. The van der Waals surface area contributed by atoms with Crippen LogP contribution in [0.25, 0.3) is 0 Å². The number of aliphatic hydroxyl groups excluding tert-OH is 1. The smallest absolute Gasteiger partial charge is 0.330 e. The number of aliphatic hydroxyl groups is 1. The molecule has 0 aliphatic rings. The largest absolute Gasteiger partial charge is 0.491 e. The first-order valence-corrected chi connectivity index (χ1v) is 6.37. The summed E-state index contributed by atoms with van der Waals surface area (Å²) in [5.41, 5.74) is 0. The molecule has 0 bridgehead atoms. The summed E-state index contributed by atoms with van der Waals surface area (Å²) in [5.74, 6) is 0.780. The Bertz CT molecular complexity index is 383. The normalized spacial score (nSPS) is 10.2. The van der Waals surface area contributed by atoms with Gasteiger partial charge in [-0.1, -0.05) is 15.9 Å². The van der Waals surface area contributed by atoms with Crippen LogP contribution in [0.1, 0.15) is 0 Å². The van der Waals surface area contributed by atoms with Gasteiger partial charge in [0.1, 0.15) is 12.4 Å². The number of nitrogens with two attached hydrogens (primary N) is 1. The lowest BCUT2D eigenvalue weighted by molar-refractivity contribution is 0.201. The highest BCUT2D eigenvalue weighted by atomic mass is 79.9. The number of rotatable bonds is 3. The molecule has 0 saturated carbocycles. The maximum Gasteiger partial charge on any atom is 0.330 e. The Morgan fingerprint density at radius 3 is 2.12 bits per heavy atom. The molecule has 0 aliphatic carbocycles. The molecule has 0 spiro atoms. The molecule has 1 aromatic rings. The maximum atomic E-state index is 8.97. The van der Waals surface area contributed by atoms with Crippen molar-refractivity contribution in [2.45, 2.75) is 0 Å². The van der Waals surface area contributed by atoms with Gasteiger partial charge in [0.25, 0.3) is 0 Å². The average molecular weight is 314 g/mol. The second kappa shape index (κ2) is 7.58. The highest BCUT2D eigenvalue weighted by Crippen LogP contribution is 2.15. The molecule has 0 aromatic heterocycles. The topological polar surface area (TPSA) is 110 Å². The van der Waals surface area contributed by atoms with Gasteiger partial charge in [-0.2, -0.15) is 8.42 Å². The van der Waals surface area contributed by atoms with Crippen LogP contribution < -0.4 is 9.88 Å². The van der Waals surface area contributed by atoms with E-state index in [9.17, 15) is 0 Å². The van der Waals surface area contributed by atoms with Crippen molar-refractivity contribution >= 4 is 26.2 Å². The second-order valence-corrected chi connectivity index (χ2v) is 4.49. The van der Waals surface area contributed by atoms with E-state index < -0.39 is 10.3 Å². The molecule has 0 amide bonds. The molecular formula is C8H12BrNO5S. The van der Waals surface area contributed by atoms with E-state index in [1.165, 1.54) is 0 Å². The third kappa shape index (κ3) is 11.4. The third-order valence-electron chi connectivity index (χ3n) is 1.17. The molecule has 4 N–H and O–H groups in total. The number of halogens is 1. The minimum absolute atomic E-state index is 0.0517. The van der Waals surface area contributed by atoms with Gasteiger partial charge in [-0.25, -0.2) is 5.14 Å². The molecule has 92 valence electrons. The number of ether oxygens (including phenoxy) is 1. The van der Waals surface area contributed by atoms with Crippen molar-refractivity contribution < 1.29 is 22.8 Å². The Hall–Kier alpha value is -0.670. The number of hydrogen-bond donors (Lipinski definition) is 3. The zero-order valence-electron chi connectivity index (χ0n) is 8.21. The summed E-state index contributed by atoms with van der Waals surface area (Å²) in [7, 11) is -4.17. The highest BCUT2D eigenvalue weighted by Gasteiger charge is 1.90. The van der Waals surface area contributed by atoms with Crippen LogP contribution in [0.15, 0.2) is 28.7 Å². The lowest BCUT2D eigenvalue weighted by atomic mass is 10.3. The maximum absolute atomic E-state index is 8.97. The predicted octanol–water partition coefficient (Wildman–Crippen LogP) is 0.568. The highest BCUT2D eigenvalue weighted by molar-refractivity contribution is 9.10. The molecular weight excluding hydrogens is 302 g/mol. The first-order valence-electron chi connectivity index (χ1n) is 4.07. The molecule has 0 fully saturated rings. The summed E-state index contributed by atoms with van der Waals surface area (Å²) in [4.78, 5) is 0. The molecule has 6 nitrogen and oxygen atoms in total. The van der Waals surface area contributed by atoms with E-state index in [-0.39, 0.29) is 6.61 Å². The molecule has 1 rings (SSSR count). The summed E-state index contributed by atoms with van der Waals surface area (Å²) in [6.45, 7) is 0.400. The first kappa shape index (κ1) is 15.3. The van der Waals surface area contributed by atoms with Gasteiger partial charge in [0, 0.05) is 4.47 Å². The van der Waals surface area contributed by atoms with E-state index in [2.05, 4.69) is 21.1 Å². The van der Waals surface area contributed by atoms with Gasteiger partial charge in [-0.3, -0.25) is 4.55 Å². The van der Waals surface area contributed by atoms with Gasteiger partial charge in [0.05, 0.1) is 6.61 Å². The summed E-state index contributed by atoms with van der Waals surface area (Å²) < 4.78 is 31.4. The van der Waals surface area contributed by atoms with Crippen molar-refractivity contribution in [3.05, 3.63) is 28.7 Å². The summed E-state index contributed by atoms with van der Waals surface area (Å²) in [6.07, 6.45) is 0. The van der Waals surface area contributed by atoms with Gasteiger partial charge in [-0.05, 0) is 24.3 Å². The van der Waals surface area contributed by atoms with Crippen LogP contribution in [0.2, 0.25) is 0 Å². The fourth-order valence-electron chi connectivity index (χ4n) is 0.694. The number of hydrogen-bond acceptors (Lipinski definition) is 4. The standard InChI is InChI=1S/C8H9BrO2.H3NO3S/c9-7-1-3-8(4-2-7)11-6-5-10;1-5(2,3)4/h1-4,10H,5-6H2;(H3,1,2,3,4). The summed E-state index contributed by atoms with van der Waals surface area (Å²) in [5, 5.41) is 12.3. The molecule has 0 radical (unpaired) electrons. The van der Waals surface area contributed by atoms with Crippen molar-refractivity contribution in [1.82, 2.24) is 0 Å². The lowest BCUT2D eigenvalue weighted by Crippen LogP contribution is -2.08. The number of benzene rings is 1. The second-order valence-electron chi connectivity index (χ2n) is 2.54. The van der Waals surface area contributed by atoms with E-state index in [4.69, 9.17) is 22.8 Å². The molecule has 1 aromatic carbocycles. The molecule has 16 heavy (non-hydrogen) atoms. The minimum atomic E-state index is -4.17. The molecule has 0 unspecified atom stereocenters. The summed E-state index contributed by atoms with van der Waals surface area (Å²) in [6, 6.07) is 7.49. The Kier molecular flexibility index (Phi) is 7.26. The summed E-state index contributed by atoms with van der Waals surface area (Å²) >= 11 is 3.31. The van der Waals surface area contributed by atoms with Crippen molar-refractivity contribution in [1.29, 1.82) is 0 Å². The Morgan fingerprint density at radius 1 is 1.31 bits per heavy atom. The van der Waals surface area contributed by atoms with Crippen molar-refractivity contribution in [2.75, 3.05) is 13.2 Å². The quantitative estimate of drug-likeness (QED) is 0.707. The Balaban J connectivity index is 0.000000385. The SMILES string of the molecule is NS(=O)(=O)O.OCCOc1ccc(Br)cc1. The fraction of sp³-hybridized carbons (Fsp3) is 0.250. The van der Waals surface area contributed by atoms with Crippen molar-refractivity contribution in [2.24, 2.45) is 5.14 Å². The molecule has 0 saturated heterocycles. The first-order chi connectivity index (χ1) is 7.33. The van der Waals surface area contributed by atoms with Gasteiger partial charge in [0.2, 0.25) is 0 Å². The van der Waals surface area contributed by atoms with Crippen LogP contribution in [-0.4, -0.2) is 31.3 Å². The van der Waals surface area contributed by atoms with Crippen LogP contribution in [0, 0.1) is 0 Å². The Labute approximate surface area is 102 Å². The van der Waals surface area contributed by atoms with Crippen LogP contribution >= 0.6 is 15.9 Å². The fourth-order valence-corrected chi connectivity index (χ4v) is 0.959. The van der Waals surface area contributed by atoms with E-state index in [0.29, 0.717) is 6.61 Å². The third-order valence-corrected chi connectivity index (χ3v) is 1.70. The lowest BCUT2D eigenvalue weighted by Gasteiger charge is -2.02. The van der Waals surface area contributed by atoms with E-state index in [0.717, 1.165) is 10.2 Å². The zero-order valence-corrected chi connectivity index (χ0v) is 10.6. The molecule has 8 heteroatoms. The van der Waals surface area contributed by atoms with Gasteiger partial charge in [0.15, 0.2) is 0 Å². The van der Waals surface area contributed by atoms with Crippen LogP contribution in [-0.2, 0) is 10.3 Å². The van der Waals surface area contributed by atoms with Crippen LogP contribution in [0.3, 0.4) is 0 Å². The average Bonchev–Trinajstić information content (AvgIpc) is 2.14. The predicted molar refractivity (Wildman–Crippen MR) is 62.5 cm³/mol. The van der Waals surface area contributed by atoms with E-state index in [1.54, 1.807) is 0 Å². The molecule has 0 aliphatic heterocycles. The van der Waals surface area contributed by atoms with E-state index in [1.807, 2.05) is 24.3 Å². The Morgan fingerprint density at radius 2 is 1.75 bits per heavy atom. The van der Waals surface area contributed by atoms with Gasteiger partial charge < -0.3 is 9.84 Å². The molecule has 0 heterocycles. The van der Waals surface area contributed by atoms with Gasteiger partial charge >= 0.3 is 10.3 Å². The van der Waals surface area contributed by atoms with Crippen LogP contribution in [0.4, 0.5) is 0 Å². The monoisotopic (exact) mass is 313 g/mol.